The molecule has 7 heteroatoms. The molecule has 7 nitrogen and oxygen atoms in total. The van der Waals surface area contributed by atoms with E-state index in [1.807, 2.05) is 0 Å². The number of aliphatic hydroxyl groups excluding tert-OH is 2. The molecular formula is C36H71NO6. The molecule has 0 heterocycles. The highest BCUT2D eigenvalue weighted by molar-refractivity contribution is 5.75. The molecule has 256 valence electrons. The number of nitrogens with one attached hydrogen (secondary N) is 1. The Morgan fingerprint density at radius 1 is 0.721 bits per heavy atom. The predicted octanol–water partition coefficient (Wildman–Crippen LogP) is 7.27. The van der Waals surface area contributed by atoms with E-state index in [0.29, 0.717) is 6.42 Å². The van der Waals surface area contributed by atoms with Crippen molar-refractivity contribution < 1.29 is 47.8 Å². The number of aliphatic hydroxyl groups is 2. The van der Waals surface area contributed by atoms with Gasteiger partial charge in [-0.05, 0) is 41.9 Å². The first-order chi connectivity index (χ1) is 21.0. The zero-order valence-corrected chi connectivity index (χ0v) is 25.7. The number of carbonyl (C=O) groups excluding carboxylic acids is 2. The van der Waals surface area contributed by atoms with E-state index < -0.39 is 12.9 Å². The molecule has 0 bridgehead atoms. The first-order valence-electron chi connectivity index (χ1n) is 14.7. The van der Waals surface area contributed by atoms with Gasteiger partial charge in [0.15, 0.2) is 0 Å². The summed E-state index contributed by atoms with van der Waals surface area (Å²) in [5.74, 6) is 28.1. The molecule has 1 amide bonds. The predicted molar refractivity (Wildman–Crippen MR) is 197 cm³/mol. The van der Waals surface area contributed by atoms with Crippen LogP contribution in [0.3, 0.4) is 0 Å². The van der Waals surface area contributed by atoms with Crippen molar-refractivity contribution in [3.63, 3.8) is 0 Å². The van der Waals surface area contributed by atoms with Crippen LogP contribution in [0.5, 0.6) is 0 Å². The molecule has 0 radical (unpaired) electrons. The van der Waals surface area contributed by atoms with Gasteiger partial charge in [0, 0.05) is 73.5 Å². The quantitative estimate of drug-likeness (QED) is 0.0465. The Labute approximate surface area is 279 Å². The van der Waals surface area contributed by atoms with Crippen LogP contribution in [0.25, 0.3) is 0 Å². The number of hydrogen-bond acceptors (Lipinski definition) is 6. The van der Waals surface area contributed by atoms with Crippen LogP contribution in [-0.4, -0.2) is 48.2 Å². The molecule has 43 heavy (non-hydrogen) atoms. The summed E-state index contributed by atoms with van der Waals surface area (Å²) < 4.78 is 9.81. The third kappa shape index (κ3) is 37.7. The van der Waals surface area contributed by atoms with E-state index in [4.69, 9.17) is 26.1 Å². The molecule has 0 saturated heterocycles. The second kappa shape index (κ2) is 35.8. The van der Waals surface area contributed by atoms with Crippen LogP contribution in [0.1, 0.15) is 122 Å². The number of hydrogen-bond donors (Lipinski definition) is 3. The van der Waals surface area contributed by atoms with Crippen molar-refractivity contribution in [3.05, 3.63) is 0 Å². The van der Waals surface area contributed by atoms with Crippen LogP contribution in [0.4, 0.5) is 0 Å². The molecule has 0 aliphatic heterocycles. The Morgan fingerprint density at radius 3 is 1.58 bits per heavy atom. The van der Waals surface area contributed by atoms with Crippen LogP contribution in [0, 0.1) is 83.5 Å². The SMILES string of the molecule is C#CC#CC#CC#CC#CC#CC#CNC(C)=O.CCCCCCCCCCCCCCCC(=O)O[C@H](CO)COCO.[HH].[HH].[HH].[HH].[HH].[HH].[HH].[HH].[HH].[HH].[HH].[HH].[HH]. The van der Waals surface area contributed by atoms with E-state index >= 15 is 0 Å². The van der Waals surface area contributed by atoms with E-state index in [9.17, 15) is 9.59 Å². The Balaban J connectivity index is -0.0000000385. The fourth-order valence-electron chi connectivity index (χ4n) is 3.31. The zero-order valence-electron chi connectivity index (χ0n) is 25.7. The molecule has 0 fully saturated rings. The van der Waals surface area contributed by atoms with Crippen LogP contribution < -0.4 is 5.32 Å². The molecule has 0 rings (SSSR count). The molecule has 0 saturated carbocycles. The lowest BCUT2D eigenvalue weighted by atomic mass is 10.0. The van der Waals surface area contributed by atoms with Gasteiger partial charge in [-0.1, -0.05) is 84.0 Å². The minimum absolute atomic E-state index is 0. The molecular weight excluding hydrogens is 542 g/mol. The van der Waals surface area contributed by atoms with Gasteiger partial charge in [0.05, 0.1) is 13.2 Å². The molecule has 0 spiro atoms. The maximum Gasteiger partial charge on any atom is 0.306 e. The number of ether oxygens (including phenoxy) is 2. The van der Waals surface area contributed by atoms with Crippen LogP contribution in [0.15, 0.2) is 0 Å². The number of terminal acetylenes is 1. The highest BCUT2D eigenvalue weighted by atomic mass is 16.6. The van der Waals surface area contributed by atoms with Gasteiger partial charge in [0.25, 0.3) is 0 Å². The highest BCUT2D eigenvalue weighted by Crippen LogP contribution is 2.13. The Kier molecular flexibility index (Phi) is 34.0. The van der Waals surface area contributed by atoms with E-state index in [2.05, 4.69) is 89.3 Å². The number of carbonyl (C=O) groups is 2. The molecule has 0 unspecified atom stereocenters. The summed E-state index contributed by atoms with van der Waals surface area (Å²) in [4.78, 5) is 22.0. The summed E-state index contributed by atoms with van der Waals surface area (Å²) in [6.45, 7) is 2.91. The fraction of sp³-hybridized carbons (Fsp3) is 0.556. The minimum Gasteiger partial charge on any atom is -0.457 e. The van der Waals surface area contributed by atoms with Gasteiger partial charge in [0.1, 0.15) is 12.9 Å². The van der Waals surface area contributed by atoms with Crippen molar-refractivity contribution in [2.45, 2.75) is 110 Å². The number of unbranched alkanes of at least 4 members (excludes halogenated alkanes) is 12. The lowest BCUT2D eigenvalue weighted by Crippen LogP contribution is -2.27. The van der Waals surface area contributed by atoms with Crippen LogP contribution in [0.2, 0.25) is 0 Å². The minimum atomic E-state index is -0.679. The summed E-state index contributed by atoms with van der Waals surface area (Å²) in [6, 6.07) is 2.33. The van der Waals surface area contributed by atoms with Gasteiger partial charge < -0.3 is 19.7 Å². The van der Waals surface area contributed by atoms with Crippen molar-refractivity contribution in [1.29, 1.82) is 0 Å². The van der Waals surface area contributed by atoms with Crippen LogP contribution >= 0.6 is 0 Å². The maximum atomic E-state index is 11.6. The van der Waals surface area contributed by atoms with E-state index in [0.717, 1.165) is 12.8 Å². The topological polar surface area (TPSA) is 105 Å². The molecule has 0 aromatic carbocycles. The molecule has 0 aliphatic rings. The zero-order chi connectivity index (χ0) is 32.1. The average Bonchev–Trinajstić information content (AvgIpc) is 3.00. The fourth-order valence-corrected chi connectivity index (χ4v) is 3.31. The number of amides is 1. The molecule has 0 aromatic heterocycles. The molecule has 3 N–H and O–H groups in total. The number of rotatable bonds is 19. The molecule has 0 aliphatic carbocycles. The van der Waals surface area contributed by atoms with Gasteiger partial charge in [0.2, 0.25) is 5.91 Å². The normalized spacial score (nSPS) is 9.09. The van der Waals surface area contributed by atoms with Crippen molar-refractivity contribution in [2.24, 2.45) is 0 Å². The van der Waals surface area contributed by atoms with Gasteiger partial charge >= 0.3 is 5.97 Å². The lowest BCUT2D eigenvalue weighted by Gasteiger charge is -2.14. The van der Waals surface area contributed by atoms with Gasteiger partial charge in [-0.2, -0.15) is 0 Å². The monoisotopic (exact) mass is 614 g/mol. The largest absolute Gasteiger partial charge is 0.457 e. The first kappa shape index (κ1) is 40.9. The summed E-state index contributed by atoms with van der Waals surface area (Å²) in [6.07, 6.45) is 21.1. The number of esters is 1. The van der Waals surface area contributed by atoms with Crippen molar-refractivity contribution in [3.8, 4) is 83.5 Å². The Hall–Kier alpha value is -4.26. The second-order valence-corrected chi connectivity index (χ2v) is 9.11. The third-order valence-corrected chi connectivity index (χ3v) is 5.38. The highest BCUT2D eigenvalue weighted by Gasteiger charge is 2.13. The van der Waals surface area contributed by atoms with Gasteiger partial charge in [-0.3, -0.25) is 14.9 Å². The van der Waals surface area contributed by atoms with Gasteiger partial charge in [-0.25, -0.2) is 0 Å². The van der Waals surface area contributed by atoms with E-state index in [1.54, 1.807) is 0 Å². The van der Waals surface area contributed by atoms with Crippen LogP contribution in [-0.2, 0) is 19.1 Å². The molecule has 0 aromatic rings. The van der Waals surface area contributed by atoms with Crippen molar-refractivity contribution in [1.82, 2.24) is 5.32 Å². The second-order valence-electron chi connectivity index (χ2n) is 9.11. The van der Waals surface area contributed by atoms with Crippen molar-refractivity contribution in [2.75, 3.05) is 20.0 Å². The van der Waals surface area contributed by atoms with Crippen molar-refractivity contribution >= 4 is 11.9 Å². The van der Waals surface area contributed by atoms with Gasteiger partial charge in [-0.15, -0.1) is 6.42 Å². The smallest absolute Gasteiger partial charge is 0.306 e. The standard InChI is InChI=1S/C20H40O5.C16H5NO.13H2/c1-2-3-4-5-6-7-8-9-10-11-12-13-14-15-20(23)25-19(16-21)17-24-18-22;1-3-4-5-6-7-8-9-10-11-12-13-14-15-17-16(2)18;;;;;;;;;;;;;/h19,21-22H,2-18H2,1H3;1H,2H3,(H,17,18);13*1H/t19-;;;;;;;;;;;;;;/m1............../s1. The maximum absolute atomic E-state index is 11.6. The third-order valence-electron chi connectivity index (χ3n) is 5.38. The first-order valence-corrected chi connectivity index (χ1v) is 14.7. The summed E-state index contributed by atoms with van der Waals surface area (Å²) >= 11 is 0. The summed E-state index contributed by atoms with van der Waals surface area (Å²) in [5, 5.41) is 19.8. The average molecular weight is 614 g/mol. The Morgan fingerprint density at radius 2 is 1.16 bits per heavy atom. The summed E-state index contributed by atoms with van der Waals surface area (Å²) in [5.41, 5.74) is 0. The summed E-state index contributed by atoms with van der Waals surface area (Å²) in [7, 11) is 0. The lowest BCUT2D eigenvalue weighted by molar-refractivity contribution is -0.157. The van der Waals surface area contributed by atoms with E-state index in [1.165, 1.54) is 77.6 Å². The Bertz CT molecular complexity index is 1220. The molecule has 1 atom stereocenters. The van der Waals surface area contributed by atoms with E-state index in [-0.39, 0.29) is 43.6 Å².